The summed E-state index contributed by atoms with van der Waals surface area (Å²) in [5.74, 6) is 0. The van der Waals surface area contributed by atoms with Crippen LogP contribution >= 0.6 is 0 Å². The fraction of sp³-hybridized carbons (Fsp3) is 0. The molecule has 4 aromatic heterocycles. The summed E-state index contributed by atoms with van der Waals surface area (Å²) in [4.78, 5) is 24.4. The van der Waals surface area contributed by atoms with Gasteiger partial charge in [0.1, 0.15) is 24.3 Å². The molecule has 0 atom stereocenters. The first-order valence-corrected chi connectivity index (χ1v) is 19.7. The van der Waals surface area contributed by atoms with Gasteiger partial charge in [0.2, 0.25) is 11.4 Å². The fourth-order valence-electron chi connectivity index (χ4n) is 8.30. The number of fused-ring (bicyclic) bond motifs is 6. The molecule has 66 heavy (non-hydrogen) atoms. The molecule has 0 amide bonds. The zero-order valence-corrected chi connectivity index (χ0v) is 33.8. The van der Waals surface area contributed by atoms with E-state index >= 15 is 0 Å². The van der Waals surface area contributed by atoms with Crippen molar-refractivity contribution in [3.8, 4) is 81.2 Å². The van der Waals surface area contributed by atoms with Gasteiger partial charge in [0, 0.05) is 32.7 Å². The minimum atomic E-state index is -0.103. The molecule has 0 fully saturated rings. The van der Waals surface area contributed by atoms with E-state index in [2.05, 4.69) is 51.1 Å². The molecule has 0 N–H and O–H groups in total. The van der Waals surface area contributed by atoms with Crippen LogP contribution in [0.2, 0.25) is 0 Å². The van der Waals surface area contributed by atoms with Crippen LogP contribution in [0.4, 0.5) is 11.4 Å². The lowest BCUT2D eigenvalue weighted by atomic mass is 9.98. The Bertz CT molecular complexity index is 3640. The fourth-order valence-corrected chi connectivity index (χ4v) is 8.30. The number of aromatic nitrogens is 6. The third-order valence-corrected chi connectivity index (χ3v) is 11.4. The lowest BCUT2D eigenvalue weighted by molar-refractivity contribution is 0.775. The zero-order valence-electron chi connectivity index (χ0n) is 33.8. The highest BCUT2D eigenvalue weighted by Crippen LogP contribution is 2.41. The highest BCUT2D eigenvalue weighted by Gasteiger charge is 2.22. The van der Waals surface area contributed by atoms with Gasteiger partial charge in [-0.1, -0.05) is 48.5 Å². The summed E-state index contributed by atoms with van der Waals surface area (Å²) < 4.78 is 4.20. The van der Waals surface area contributed by atoms with E-state index in [-0.39, 0.29) is 45.3 Å². The third kappa shape index (κ3) is 6.12. The Hall–Kier alpha value is -11.0. The van der Waals surface area contributed by atoms with Crippen molar-refractivity contribution >= 4 is 55.0 Å². The van der Waals surface area contributed by atoms with Gasteiger partial charge >= 0.3 is 0 Å². The van der Waals surface area contributed by atoms with Gasteiger partial charge in [-0.15, -0.1) is 0 Å². The second-order valence-corrected chi connectivity index (χ2v) is 14.8. The van der Waals surface area contributed by atoms with Crippen LogP contribution in [0.1, 0.15) is 33.9 Å². The van der Waals surface area contributed by atoms with Crippen LogP contribution in [0.3, 0.4) is 0 Å². The molecular weight excluding hydrogens is 821 g/mol. The molecule has 10 aromatic rings. The summed E-state index contributed by atoms with van der Waals surface area (Å²) in [7, 11) is 0. The van der Waals surface area contributed by atoms with Gasteiger partial charge < -0.3 is 0 Å². The maximum atomic E-state index is 9.88. The summed E-state index contributed by atoms with van der Waals surface area (Å²) in [5, 5.41) is 61.6. The van der Waals surface area contributed by atoms with Crippen LogP contribution in [0.15, 0.2) is 122 Å². The van der Waals surface area contributed by atoms with E-state index in [0.29, 0.717) is 22.5 Å². The second kappa shape index (κ2) is 15.5. The Morgan fingerprint density at radius 2 is 0.697 bits per heavy atom. The topological polar surface area (TPSA) is 213 Å². The largest absolute Gasteiger partial charge is 0.248 e. The van der Waals surface area contributed by atoms with Crippen LogP contribution in [0.5, 0.6) is 0 Å². The van der Waals surface area contributed by atoms with Crippen molar-refractivity contribution in [1.29, 1.82) is 31.6 Å². The van der Waals surface area contributed by atoms with Gasteiger partial charge in [-0.05, 0) is 82.9 Å². The molecule has 14 heteroatoms. The third-order valence-electron chi connectivity index (χ3n) is 11.4. The predicted octanol–water partition coefficient (Wildman–Crippen LogP) is 10.8. The predicted molar refractivity (Wildman–Crippen MR) is 243 cm³/mol. The quantitative estimate of drug-likeness (QED) is 0.149. The maximum absolute atomic E-state index is 9.88. The monoisotopic (exact) mass is 840 g/mol. The second-order valence-electron chi connectivity index (χ2n) is 14.8. The number of hydrogen-bond acceptors (Lipinski definition) is 10. The molecular formula is C52H20N14. The van der Waals surface area contributed by atoms with Crippen LogP contribution in [0.25, 0.3) is 98.1 Å². The Balaban J connectivity index is 1.28. The van der Waals surface area contributed by atoms with Crippen molar-refractivity contribution in [3.63, 3.8) is 0 Å². The summed E-state index contributed by atoms with van der Waals surface area (Å²) in [6.45, 7) is 15.1. The molecule has 0 unspecified atom stereocenters. The van der Waals surface area contributed by atoms with Crippen LogP contribution < -0.4 is 0 Å². The molecule has 0 saturated heterocycles. The van der Waals surface area contributed by atoms with Gasteiger partial charge in [0.25, 0.3) is 0 Å². The molecule has 4 heterocycles. The smallest absolute Gasteiger partial charge is 0.204 e. The van der Waals surface area contributed by atoms with Crippen molar-refractivity contribution in [2.24, 2.45) is 0 Å². The van der Waals surface area contributed by atoms with E-state index in [1.165, 1.54) is 12.4 Å². The first-order chi connectivity index (χ1) is 32.3. The Labute approximate surface area is 374 Å². The molecule has 0 radical (unpaired) electrons. The highest BCUT2D eigenvalue weighted by molar-refractivity contribution is 6.14. The zero-order chi connectivity index (χ0) is 45.6. The first kappa shape index (κ1) is 39.2. The molecule has 298 valence electrons. The Morgan fingerprint density at radius 3 is 1.03 bits per heavy atom. The molecule has 14 nitrogen and oxygen atoms in total. The van der Waals surface area contributed by atoms with Crippen molar-refractivity contribution in [2.45, 2.75) is 0 Å². The molecule has 0 bridgehead atoms. The molecule has 0 aliphatic rings. The normalized spacial score (nSPS) is 10.6. The number of hydrogen-bond donors (Lipinski definition) is 0. The van der Waals surface area contributed by atoms with E-state index in [4.69, 9.17) is 13.1 Å². The average Bonchev–Trinajstić information content (AvgIpc) is 3.87. The molecule has 10 rings (SSSR count). The minimum Gasteiger partial charge on any atom is -0.248 e. The number of nitriles is 6. The summed E-state index contributed by atoms with van der Waals surface area (Å²) in [5.41, 5.74) is 8.97. The van der Waals surface area contributed by atoms with Crippen molar-refractivity contribution in [1.82, 2.24) is 29.3 Å². The SMILES string of the molecule is [C-]#[N+]c1ccc(-c2ccc3c(c2)c2cc(-c4ccc([N+]#[C-])c(C#N)c4)ccc2n3-n2c3ccc(-c4cnc(C#N)c(C#N)n4)cc3c3cc(-c4cnc(C#N)c(C#N)n4)ccc32)cc1C#N. The summed E-state index contributed by atoms with van der Waals surface area (Å²) in [6.07, 6.45) is 2.90. The van der Waals surface area contributed by atoms with Gasteiger partial charge in [0.15, 0.2) is 22.8 Å². The van der Waals surface area contributed by atoms with Gasteiger partial charge in [-0.3, -0.25) is 0 Å². The van der Waals surface area contributed by atoms with Gasteiger partial charge in [0.05, 0.1) is 82.3 Å². The van der Waals surface area contributed by atoms with E-state index in [1.807, 2.05) is 109 Å². The number of rotatable bonds is 5. The van der Waals surface area contributed by atoms with E-state index in [0.717, 1.165) is 65.9 Å². The summed E-state index contributed by atoms with van der Waals surface area (Å²) in [6, 6.07) is 45.9. The molecule has 0 saturated carbocycles. The Morgan fingerprint density at radius 1 is 0.379 bits per heavy atom. The first-order valence-electron chi connectivity index (χ1n) is 19.7. The van der Waals surface area contributed by atoms with Crippen molar-refractivity contribution in [3.05, 3.63) is 178 Å². The van der Waals surface area contributed by atoms with Gasteiger partial charge in [-0.25, -0.2) is 39.0 Å². The minimum absolute atomic E-state index is 0.0849. The molecule has 0 spiro atoms. The van der Waals surface area contributed by atoms with Crippen LogP contribution in [0, 0.1) is 81.1 Å². The lowest BCUT2D eigenvalue weighted by Gasteiger charge is -2.14. The van der Waals surface area contributed by atoms with Crippen molar-refractivity contribution in [2.75, 3.05) is 0 Å². The Kier molecular flexibility index (Phi) is 9.18. The van der Waals surface area contributed by atoms with E-state index in [1.54, 1.807) is 24.3 Å². The number of nitrogens with zero attached hydrogens (tertiary/aromatic N) is 14. The standard InChI is InChI=1S/C52H20N14/c1-59-41-9-3-29(15-35(41)21-53)31-5-11-49-37(17-31)38-18-32(30-4-10-42(60-2)36(16-30)22-54)6-12-50(38)65(49)66-51-13-7-33(47-27-61-43(23-55)45(25-57)63-47)19-39(51)40-20-34(8-14-52(40)66)48-28-62-44(24-56)46(26-58)64-48/h3-20,27-28H. The van der Waals surface area contributed by atoms with Crippen LogP contribution in [-0.4, -0.2) is 29.3 Å². The van der Waals surface area contributed by atoms with Gasteiger partial charge in [-0.2, -0.15) is 31.6 Å². The average molecular weight is 841 g/mol. The maximum Gasteiger partial charge on any atom is 0.204 e. The molecule has 0 aliphatic carbocycles. The molecule has 6 aromatic carbocycles. The number of benzene rings is 6. The molecule has 0 aliphatic heterocycles. The summed E-state index contributed by atoms with van der Waals surface area (Å²) >= 11 is 0. The van der Waals surface area contributed by atoms with Crippen LogP contribution in [-0.2, 0) is 0 Å². The van der Waals surface area contributed by atoms with Crippen molar-refractivity contribution < 1.29 is 0 Å². The van der Waals surface area contributed by atoms with E-state index < -0.39 is 0 Å². The highest BCUT2D eigenvalue weighted by atomic mass is 15.5. The van der Waals surface area contributed by atoms with E-state index in [9.17, 15) is 31.6 Å². The lowest BCUT2D eigenvalue weighted by Crippen LogP contribution is -2.08.